The fraction of sp³-hybridized carbons (Fsp3) is 0.896. The minimum absolute atomic E-state index is 0.120. The van der Waals surface area contributed by atoms with Crippen molar-refractivity contribution >= 4 is 18.0 Å². The average molecular weight is 995 g/mol. The Bertz CT molecular complexity index is 1770. The van der Waals surface area contributed by atoms with Crippen LogP contribution in [0.2, 0.25) is 0 Å². The molecule has 0 spiro atoms. The van der Waals surface area contributed by atoms with E-state index < -0.39 is 98.1 Å². The van der Waals surface area contributed by atoms with E-state index in [4.69, 9.17) is 52.1 Å². The molecule has 0 unspecified atom stereocenters. The van der Waals surface area contributed by atoms with Crippen LogP contribution in [0.5, 0.6) is 0 Å². The Hall–Kier alpha value is -2.72. The van der Waals surface area contributed by atoms with Gasteiger partial charge >= 0.3 is 36.1 Å². The summed E-state index contributed by atoms with van der Waals surface area (Å²) in [6, 6.07) is -1.59. The summed E-state index contributed by atoms with van der Waals surface area (Å²) in [6.45, 7) is 47.0. The predicted octanol–water partition coefficient (Wildman–Crippen LogP) is 11.1. The zero-order valence-electron chi connectivity index (χ0n) is 45.7. The third-order valence-corrected chi connectivity index (χ3v) is 13.5. The van der Waals surface area contributed by atoms with Gasteiger partial charge in [0.2, 0.25) is 5.79 Å². The Kier molecular flexibility index (Phi) is 18.0. The third-order valence-electron chi connectivity index (χ3n) is 13.5. The van der Waals surface area contributed by atoms with Crippen molar-refractivity contribution in [1.82, 2.24) is 0 Å². The lowest BCUT2D eigenvalue weighted by Gasteiger charge is -2.31. The summed E-state index contributed by atoms with van der Waals surface area (Å²) in [5, 5.41) is 0. The molecule has 68 heavy (non-hydrogen) atoms. The maximum atomic E-state index is 13.8. The van der Waals surface area contributed by atoms with Crippen LogP contribution in [-0.4, -0.2) is 110 Å². The molecule has 5 heterocycles. The van der Waals surface area contributed by atoms with E-state index in [1.165, 1.54) is 13.8 Å². The van der Waals surface area contributed by atoms with Gasteiger partial charge in [-0.1, -0.05) is 0 Å². The van der Waals surface area contributed by atoms with Crippen molar-refractivity contribution in [1.29, 1.82) is 0 Å². The summed E-state index contributed by atoms with van der Waals surface area (Å²) in [5.41, 5.74) is -5.84. The van der Waals surface area contributed by atoms with E-state index in [0.717, 1.165) is 13.8 Å². The second-order valence-electron chi connectivity index (χ2n) is 23.3. The van der Waals surface area contributed by atoms with Crippen LogP contribution in [0.4, 0.5) is 22.0 Å². The van der Waals surface area contributed by atoms with Crippen molar-refractivity contribution in [3.63, 3.8) is 0 Å². The fourth-order valence-electron chi connectivity index (χ4n) is 6.89. The summed E-state index contributed by atoms with van der Waals surface area (Å²) in [4.78, 5) is 32.0. The molecular weight excluding hydrogens is 912 g/mol. The summed E-state index contributed by atoms with van der Waals surface area (Å²) in [5.74, 6) is -7.38. The van der Waals surface area contributed by atoms with Crippen LogP contribution < -0.4 is 0 Å². The number of halogens is 5. The molecule has 0 atom stereocenters. The second kappa shape index (κ2) is 19.4. The Labute approximate surface area is 401 Å². The van der Waals surface area contributed by atoms with Gasteiger partial charge in [-0.25, -0.2) is 0 Å². The molecule has 5 aliphatic heterocycles. The van der Waals surface area contributed by atoms with E-state index in [0.29, 0.717) is 0 Å². The Morgan fingerprint density at radius 3 is 0.956 bits per heavy atom. The number of hydrogen-bond acceptors (Lipinski definition) is 15. The second-order valence-corrected chi connectivity index (χ2v) is 23.3. The van der Waals surface area contributed by atoms with Gasteiger partial charge in [0, 0.05) is 27.7 Å². The molecular formula is C48H83F5O15. The van der Waals surface area contributed by atoms with Crippen LogP contribution in [0.1, 0.15) is 187 Å². The van der Waals surface area contributed by atoms with Gasteiger partial charge in [-0.2, -0.15) is 22.0 Å². The van der Waals surface area contributed by atoms with Gasteiger partial charge in [0.1, 0.15) is 17.8 Å². The van der Waals surface area contributed by atoms with E-state index in [2.05, 4.69) is 32.4 Å². The SMILES string of the molecule is CC(=O)OC(F)(F)C1(C)OC(C)(C)C(C)(C)O1.CC(=O)OCC1(C)OC(C)(C)C(C)(C)O1.CC1(C(=O)F)OC(C)(C)C(C)(C)O1.CC1(C)OC(=C(F)F)OC1(C)C.CC1(C)OC(C)(C)C(C)(C)O1. The largest absolute Gasteiger partial charge is 0.460 e. The van der Waals surface area contributed by atoms with E-state index in [1.54, 1.807) is 90.0 Å². The lowest BCUT2D eigenvalue weighted by molar-refractivity contribution is -0.381. The number of alkyl halides is 2. The van der Waals surface area contributed by atoms with Crippen LogP contribution in [-0.2, 0) is 71.2 Å². The molecule has 0 N–H and O–H groups in total. The highest BCUT2D eigenvalue weighted by Gasteiger charge is 2.68. The van der Waals surface area contributed by atoms with Crippen molar-refractivity contribution < 1.29 is 93.2 Å². The zero-order valence-corrected chi connectivity index (χ0v) is 45.7. The van der Waals surface area contributed by atoms with Crippen molar-refractivity contribution in [3.8, 4) is 0 Å². The zero-order chi connectivity index (χ0) is 54.6. The maximum Gasteiger partial charge on any atom is 0.456 e. The smallest absolute Gasteiger partial charge is 0.456 e. The highest BCUT2D eigenvalue weighted by atomic mass is 19.3. The standard InChI is InChI=1S/C11H18F2O4.C11H20O4.C9H15FO3.C9H18O2.C8H12F2O2/c1-7(14)15-11(12,13)10(6)16-8(2,3)9(4,5)17-10;1-8(12)13-7-11(6)14-9(2,3)10(4,5)15-11;1-7(2)8(3,4)13-9(5,12-7)6(10)11;1-7(2)8(3,4)11-9(5,6)10-7;1-7(2)8(3,4)12-6(11-7)5(9)10/h1-6H3;7H2,1-6H3;1-5H3;1-6H3;1-4H3. The van der Waals surface area contributed by atoms with Crippen LogP contribution in [0.25, 0.3) is 0 Å². The van der Waals surface area contributed by atoms with Gasteiger partial charge in [0.25, 0.3) is 11.6 Å². The molecule has 400 valence electrons. The molecule has 0 saturated carbocycles. The molecule has 0 aromatic heterocycles. The number of esters is 2. The number of hydrogen-bond donors (Lipinski definition) is 0. The van der Waals surface area contributed by atoms with Gasteiger partial charge in [-0.15, -0.1) is 0 Å². The quantitative estimate of drug-likeness (QED) is 0.145. The molecule has 0 aliphatic carbocycles. The average Bonchev–Trinajstić information content (AvgIpc) is 3.59. The van der Waals surface area contributed by atoms with Gasteiger partial charge in [0.05, 0.1) is 44.8 Å². The van der Waals surface area contributed by atoms with Crippen LogP contribution in [0, 0.1) is 0 Å². The molecule has 15 nitrogen and oxygen atoms in total. The molecule has 0 bridgehead atoms. The van der Waals surface area contributed by atoms with E-state index in [9.17, 15) is 36.3 Å². The summed E-state index contributed by atoms with van der Waals surface area (Å²) in [6.07, 6.45) is -5.75. The third kappa shape index (κ3) is 14.5. The molecule has 0 aromatic carbocycles. The summed E-state index contributed by atoms with van der Waals surface area (Å²) >= 11 is 0. The Morgan fingerprint density at radius 1 is 0.441 bits per heavy atom. The topological polar surface area (TPSA) is 162 Å². The van der Waals surface area contributed by atoms with Gasteiger partial charge < -0.3 is 56.8 Å². The van der Waals surface area contributed by atoms with Crippen molar-refractivity contribution in [3.05, 3.63) is 12.0 Å². The van der Waals surface area contributed by atoms with E-state index in [1.807, 2.05) is 41.5 Å². The first kappa shape index (κ1) is 63.3. The highest BCUT2D eigenvalue weighted by molar-refractivity contribution is 5.76. The molecule has 0 radical (unpaired) electrons. The summed E-state index contributed by atoms with van der Waals surface area (Å²) in [7, 11) is 0. The molecule has 5 fully saturated rings. The highest BCUT2D eigenvalue weighted by Crippen LogP contribution is 2.51. The van der Waals surface area contributed by atoms with Crippen molar-refractivity contribution in [2.75, 3.05) is 6.61 Å². The Balaban J connectivity index is 0.000000428. The molecule has 5 saturated heterocycles. The molecule has 20 heteroatoms. The number of carbonyl (C=O) groups is 3. The number of rotatable bonds is 5. The maximum absolute atomic E-state index is 13.8. The van der Waals surface area contributed by atoms with Gasteiger partial charge in [0.15, 0.2) is 5.79 Å². The molecule has 5 rings (SSSR count). The first-order chi connectivity index (χ1) is 29.4. The van der Waals surface area contributed by atoms with Crippen LogP contribution in [0.15, 0.2) is 12.0 Å². The van der Waals surface area contributed by atoms with Crippen molar-refractivity contribution in [2.24, 2.45) is 0 Å². The van der Waals surface area contributed by atoms with Crippen LogP contribution >= 0.6 is 0 Å². The van der Waals surface area contributed by atoms with Gasteiger partial charge in [-0.05, 0) is 159 Å². The molecule has 0 amide bonds. The van der Waals surface area contributed by atoms with Crippen LogP contribution in [0.3, 0.4) is 0 Å². The summed E-state index contributed by atoms with van der Waals surface area (Å²) < 4.78 is 127. The number of ether oxygens (including phenoxy) is 12. The first-order valence-electron chi connectivity index (χ1n) is 22.4. The normalized spacial score (nSPS) is 27.3. The fourth-order valence-corrected chi connectivity index (χ4v) is 6.89. The first-order valence-corrected chi connectivity index (χ1v) is 22.4. The molecule has 0 aromatic rings. The lowest BCUT2D eigenvalue weighted by atomic mass is 9.90. The van der Waals surface area contributed by atoms with E-state index in [-0.39, 0.29) is 23.8 Å². The molecule has 5 aliphatic rings. The number of carbonyl (C=O) groups excluding carboxylic acids is 3. The van der Waals surface area contributed by atoms with E-state index >= 15 is 0 Å². The monoisotopic (exact) mass is 995 g/mol. The van der Waals surface area contributed by atoms with Gasteiger partial charge in [-0.3, -0.25) is 14.4 Å². The van der Waals surface area contributed by atoms with Crippen molar-refractivity contribution in [2.45, 2.75) is 272 Å². The Morgan fingerprint density at radius 2 is 0.735 bits per heavy atom. The predicted molar refractivity (Wildman–Crippen MR) is 240 cm³/mol. The lowest BCUT2D eigenvalue weighted by Crippen LogP contribution is -2.50. The minimum atomic E-state index is -3.84. The minimum Gasteiger partial charge on any atom is -0.460 e.